The maximum Gasteiger partial charge on any atom is 0.164 e. The number of para-hydroxylation sites is 3. The van der Waals surface area contributed by atoms with Crippen molar-refractivity contribution in [3.8, 4) is 90.8 Å². The number of benzene rings is 12. The number of rotatable bonds is 7. The fourth-order valence-electron chi connectivity index (χ4n) is 13.9. The number of aromatic nitrogens is 8. The summed E-state index contributed by atoms with van der Waals surface area (Å²) in [5, 5.41) is 6.96. The molecule has 0 amide bonds. The fraction of sp³-hybridized carbons (Fsp3) is 0.0130. The summed E-state index contributed by atoms with van der Waals surface area (Å²) in [6.45, 7) is 0. The summed E-state index contributed by atoms with van der Waals surface area (Å²) >= 11 is 0. The Bertz CT molecular complexity index is 5300. The molecule has 1 aliphatic heterocycles. The van der Waals surface area contributed by atoms with Gasteiger partial charge < -0.3 is 9.13 Å². The second-order valence-electron chi connectivity index (χ2n) is 22.1. The zero-order valence-electron chi connectivity index (χ0n) is 45.6. The van der Waals surface area contributed by atoms with Crippen molar-refractivity contribution in [2.75, 3.05) is 0 Å². The average molecular weight is 1080 g/mol. The zero-order chi connectivity index (χ0) is 55.7. The minimum Gasteiger partial charge on any atom is -0.309 e. The summed E-state index contributed by atoms with van der Waals surface area (Å²) < 4.78 is 4.98. The van der Waals surface area contributed by atoms with Gasteiger partial charge in [0.25, 0.3) is 0 Å². The van der Waals surface area contributed by atoms with Crippen LogP contribution in [0.3, 0.4) is 0 Å². The van der Waals surface area contributed by atoms with Crippen molar-refractivity contribution in [3.05, 3.63) is 301 Å². The van der Waals surface area contributed by atoms with E-state index in [1.165, 1.54) is 49.4 Å². The normalized spacial score (nSPS) is 13.9. The fourth-order valence-corrected chi connectivity index (χ4v) is 13.9. The Balaban J connectivity index is 0.957. The van der Waals surface area contributed by atoms with Gasteiger partial charge >= 0.3 is 0 Å². The van der Waals surface area contributed by atoms with Gasteiger partial charge in [-0.15, -0.1) is 0 Å². The molecule has 85 heavy (non-hydrogen) atoms. The van der Waals surface area contributed by atoms with Gasteiger partial charge in [-0.05, 0) is 93.4 Å². The molecule has 0 N–H and O–H groups in total. The molecule has 0 bridgehead atoms. The Labute approximate surface area is 488 Å². The quantitative estimate of drug-likeness (QED) is 0.158. The van der Waals surface area contributed by atoms with Crippen molar-refractivity contribution in [1.82, 2.24) is 39.0 Å². The van der Waals surface area contributed by atoms with E-state index < -0.39 is 5.41 Å². The van der Waals surface area contributed by atoms with Gasteiger partial charge in [0.15, 0.2) is 34.9 Å². The highest BCUT2D eigenvalue weighted by atomic mass is 15.1. The summed E-state index contributed by atoms with van der Waals surface area (Å²) in [5.41, 5.74) is 18.6. The van der Waals surface area contributed by atoms with Gasteiger partial charge in [-0.25, -0.2) is 29.9 Å². The first-order valence-electron chi connectivity index (χ1n) is 28.8. The maximum absolute atomic E-state index is 5.33. The van der Waals surface area contributed by atoms with E-state index in [1.807, 2.05) is 72.8 Å². The van der Waals surface area contributed by atoms with Crippen LogP contribution in [0.5, 0.6) is 0 Å². The van der Waals surface area contributed by atoms with Crippen molar-refractivity contribution < 1.29 is 0 Å². The van der Waals surface area contributed by atoms with Crippen LogP contribution in [0.25, 0.3) is 145 Å². The lowest BCUT2D eigenvalue weighted by Gasteiger charge is -2.39. The molecule has 5 heterocycles. The molecule has 2 aliphatic rings. The number of hydrogen-bond acceptors (Lipinski definition) is 6. The van der Waals surface area contributed by atoms with Crippen LogP contribution in [0.4, 0.5) is 0 Å². The van der Waals surface area contributed by atoms with E-state index in [4.69, 9.17) is 29.9 Å². The molecular formula is C77H46N8. The molecule has 394 valence electrons. The number of hydrogen-bond donors (Lipinski definition) is 0. The molecule has 4 aromatic heterocycles. The first-order chi connectivity index (χ1) is 42.1. The van der Waals surface area contributed by atoms with Crippen molar-refractivity contribution in [1.29, 1.82) is 0 Å². The third-order valence-corrected chi connectivity index (χ3v) is 17.6. The molecule has 1 unspecified atom stereocenters. The van der Waals surface area contributed by atoms with Crippen molar-refractivity contribution >= 4 is 54.4 Å². The van der Waals surface area contributed by atoms with Crippen LogP contribution >= 0.6 is 0 Å². The summed E-state index contributed by atoms with van der Waals surface area (Å²) in [5.74, 6) is 3.68. The van der Waals surface area contributed by atoms with Gasteiger partial charge in [0.1, 0.15) is 0 Å². The summed E-state index contributed by atoms with van der Waals surface area (Å²) in [4.78, 5) is 31.4. The molecule has 0 fully saturated rings. The number of fused-ring (bicyclic) bond motifs is 16. The highest BCUT2D eigenvalue weighted by Gasteiger charge is 2.51. The zero-order valence-corrected chi connectivity index (χ0v) is 45.6. The van der Waals surface area contributed by atoms with Gasteiger partial charge in [0.2, 0.25) is 0 Å². The van der Waals surface area contributed by atoms with Crippen LogP contribution in [-0.2, 0) is 5.41 Å². The molecule has 0 saturated carbocycles. The first-order valence-corrected chi connectivity index (χ1v) is 28.8. The Kier molecular flexibility index (Phi) is 10.1. The SMILES string of the molecule is c1ccc(-c2nc(-c3ccccc3)nc(-c3ccc4c(c3)C3(c5cc6c7cc(-c8nc(-c9ccccc9)nc(-c9ccccc9)n8)ccc7n(-c7cccc8ccccc78)c6cc5-4)c4ccccc4-n4c5ccccc5c5cccc3c54)n2)cc1. The minimum atomic E-state index is -0.818. The smallest absolute Gasteiger partial charge is 0.164 e. The molecule has 1 aliphatic carbocycles. The third-order valence-electron chi connectivity index (χ3n) is 17.6. The van der Waals surface area contributed by atoms with Gasteiger partial charge in [-0.3, -0.25) is 0 Å². The van der Waals surface area contributed by atoms with E-state index in [2.05, 4.69) is 215 Å². The predicted molar refractivity (Wildman–Crippen MR) is 343 cm³/mol. The van der Waals surface area contributed by atoms with Crippen molar-refractivity contribution in [2.24, 2.45) is 0 Å². The molecule has 16 aromatic rings. The standard InChI is InChI=1S/C77H46N8/c1-5-22-48(23-6-1)71-78-72(49-24-7-2-8-25-49)81-75(80-71)52-40-42-67-59(43-52)60-45-64-58(46-69(60)84(67)65-38-19-30-47-21-13-14-31-54(47)65)55-41-39-53(76-82-73(50-26-9-3-10-27-50)79-74(83-76)51-28-11-4-12-29-51)44-63(55)77(64)61-34-16-18-37-68(61)85-66-36-17-15-32-56(66)57-33-20-35-62(77)70(57)85/h1-46H. The first kappa shape index (κ1) is 47.2. The Morgan fingerprint density at radius 2 is 0.682 bits per heavy atom. The molecule has 0 radical (unpaired) electrons. The Morgan fingerprint density at radius 3 is 1.33 bits per heavy atom. The van der Waals surface area contributed by atoms with E-state index in [9.17, 15) is 0 Å². The van der Waals surface area contributed by atoms with Crippen LogP contribution < -0.4 is 0 Å². The monoisotopic (exact) mass is 1080 g/mol. The van der Waals surface area contributed by atoms with Gasteiger partial charge in [-0.1, -0.05) is 224 Å². The summed E-state index contributed by atoms with van der Waals surface area (Å²) in [6, 6.07) is 99.7. The maximum atomic E-state index is 5.33. The molecule has 1 atom stereocenters. The Morgan fingerprint density at radius 1 is 0.235 bits per heavy atom. The van der Waals surface area contributed by atoms with E-state index in [-0.39, 0.29) is 0 Å². The molecule has 1 spiro atoms. The van der Waals surface area contributed by atoms with Gasteiger partial charge in [0, 0.05) is 60.3 Å². The lowest BCUT2D eigenvalue weighted by molar-refractivity contribution is 0.749. The van der Waals surface area contributed by atoms with Crippen molar-refractivity contribution in [3.63, 3.8) is 0 Å². The van der Waals surface area contributed by atoms with Gasteiger partial charge in [0.05, 0.1) is 38.9 Å². The van der Waals surface area contributed by atoms with Crippen LogP contribution in [0.15, 0.2) is 279 Å². The lowest BCUT2D eigenvalue weighted by Crippen LogP contribution is -2.33. The van der Waals surface area contributed by atoms with Gasteiger partial charge in [-0.2, -0.15) is 0 Å². The lowest BCUT2D eigenvalue weighted by atomic mass is 9.65. The molecular weight excluding hydrogens is 1040 g/mol. The van der Waals surface area contributed by atoms with Crippen LogP contribution in [0, 0.1) is 0 Å². The van der Waals surface area contributed by atoms with E-state index >= 15 is 0 Å². The molecule has 0 saturated heterocycles. The largest absolute Gasteiger partial charge is 0.309 e. The molecule has 12 aromatic carbocycles. The molecule has 18 rings (SSSR count). The second kappa shape index (κ2) is 18.3. The predicted octanol–water partition coefficient (Wildman–Crippen LogP) is 18.1. The minimum absolute atomic E-state index is 0.600. The summed E-state index contributed by atoms with van der Waals surface area (Å²) in [6.07, 6.45) is 0. The number of nitrogens with zero attached hydrogens (tertiary/aromatic N) is 8. The van der Waals surface area contributed by atoms with Crippen LogP contribution in [0.1, 0.15) is 22.3 Å². The summed E-state index contributed by atoms with van der Waals surface area (Å²) in [7, 11) is 0. The second-order valence-corrected chi connectivity index (χ2v) is 22.1. The third kappa shape index (κ3) is 6.97. The highest BCUT2D eigenvalue weighted by molar-refractivity contribution is 6.16. The average Bonchev–Trinajstić information content (AvgIpc) is 1.58. The van der Waals surface area contributed by atoms with E-state index in [1.54, 1.807) is 0 Å². The van der Waals surface area contributed by atoms with Crippen LogP contribution in [0.2, 0.25) is 0 Å². The Hall–Kier alpha value is -11.5. The molecule has 8 nitrogen and oxygen atoms in total. The topological polar surface area (TPSA) is 87.2 Å². The van der Waals surface area contributed by atoms with Crippen molar-refractivity contribution in [2.45, 2.75) is 5.41 Å². The van der Waals surface area contributed by atoms with Crippen LogP contribution in [-0.4, -0.2) is 39.0 Å². The van der Waals surface area contributed by atoms with E-state index in [0.717, 1.165) is 83.1 Å². The highest BCUT2D eigenvalue weighted by Crippen LogP contribution is 2.62. The molecule has 8 heteroatoms. The van der Waals surface area contributed by atoms with E-state index in [0.29, 0.717) is 34.9 Å².